The van der Waals surface area contributed by atoms with Crippen molar-refractivity contribution >= 4 is 0 Å². The first kappa shape index (κ1) is 74.2. The summed E-state index contributed by atoms with van der Waals surface area (Å²) in [4.78, 5) is 0. The van der Waals surface area contributed by atoms with Crippen molar-refractivity contribution in [2.24, 2.45) is 102 Å². The third kappa shape index (κ3) is 38.8. The van der Waals surface area contributed by atoms with Crippen molar-refractivity contribution in [3.63, 3.8) is 0 Å². The molecule has 0 nitrogen and oxygen atoms in total. The SMILES string of the molecule is CC(C)(C)C.CC1CCC2(CC1)CCC(C)(C)CC2.CC1CCC2(CCCC2)CC1.CC1CCC2(CCCCC2)CC1.CCC1(C)CCCC1.CCC12CC3CC(CC(C3)C1)C2.[2H]C(C)(C)C.[2H]C([2H])(C)C(C)(C)C.[2H]C([2H])(C)C(C)C.[2H]C1(C)CCCC1.[2H]C1(C)CCCCC1. The minimum Gasteiger partial charge on any atom is -0.0651 e. The van der Waals surface area contributed by atoms with Crippen molar-refractivity contribution in [3.05, 3.63) is 0 Å². The lowest BCUT2D eigenvalue weighted by Crippen LogP contribution is -2.45. The molecule has 13 fully saturated rings. The zero-order valence-electron chi connectivity index (χ0n) is 74.1. The fraction of sp³-hybridized carbons (Fsp3) is 1.00. The summed E-state index contributed by atoms with van der Waals surface area (Å²) in [6.07, 6.45) is 65.3. The highest BCUT2D eigenvalue weighted by atomic mass is 14.5. The van der Waals surface area contributed by atoms with Gasteiger partial charge in [0.25, 0.3) is 0 Å². The van der Waals surface area contributed by atoms with Crippen LogP contribution < -0.4 is 0 Å². The highest BCUT2D eigenvalue weighted by Gasteiger charge is 2.50. The first-order valence-electron chi connectivity index (χ1n) is 44.3. The molecule has 0 N–H and O–H groups in total. The molecule has 0 aromatic rings. The Labute approximate surface area is 583 Å². The molecule has 4 bridgehead atoms. The second-order valence-electron chi connectivity index (χ2n) is 39.2. The van der Waals surface area contributed by atoms with Gasteiger partial charge in [-0.25, -0.2) is 0 Å². The molecule has 0 heteroatoms. The molecular weight excluding hydrogens is 1080 g/mol. The van der Waals surface area contributed by atoms with Crippen LogP contribution in [-0.2, 0) is 0 Å². The molecule has 0 atom stereocenters. The largest absolute Gasteiger partial charge is 0.0651 e. The molecule has 0 aromatic carbocycles. The summed E-state index contributed by atoms with van der Waals surface area (Å²) in [6.45, 7) is 50.4. The summed E-state index contributed by atoms with van der Waals surface area (Å²) in [5, 5.41) is 0. The number of rotatable bonds is 3. The third-order valence-electron chi connectivity index (χ3n) is 25.3. The molecule has 90 heavy (non-hydrogen) atoms. The van der Waals surface area contributed by atoms with Crippen LogP contribution in [0.1, 0.15) is 484 Å². The summed E-state index contributed by atoms with van der Waals surface area (Å²) >= 11 is 0. The van der Waals surface area contributed by atoms with Gasteiger partial charge in [0, 0.05) is 9.60 Å². The molecule has 538 valence electrons. The Kier molecular flexibility index (Phi) is 35.8. The molecule has 13 aliphatic carbocycles. The minimum atomic E-state index is -1.06. The van der Waals surface area contributed by atoms with Gasteiger partial charge >= 0.3 is 0 Å². The minimum absolute atomic E-state index is 0.0556. The van der Waals surface area contributed by atoms with Gasteiger partial charge in [-0.15, -0.1) is 0 Å². The highest BCUT2D eigenvalue weighted by molar-refractivity contribution is 5.01. The van der Waals surface area contributed by atoms with Crippen molar-refractivity contribution in [2.45, 2.75) is 474 Å². The summed E-state index contributed by atoms with van der Waals surface area (Å²) < 4.78 is 50.7. The van der Waals surface area contributed by atoms with E-state index in [0.717, 1.165) is 88.3 Å². The van der Waals surface area contributed by atoms with E-state index < -0.39 is 12.7 Å². The Balaban J connectivity index is 0.000000368. The van der Waals surface area contributed by atoms with Crippen molar-refractivity contribution in [2.75, 3.05) is 0 Å². The number of hydrogen-bond donors (Lipinski definition) is 0. The third-order valence-corrected chi connectivity index (χ3v) is 25.3. The van der Waals surface area contributed by atoms with Gasteiger partial charge in [-0.05, 0) is 244 Å². The number of hydrogen-bond acceptors (Lipinski definition) is 0. The Morgan fingerprint density at radius 2 is 0.644 bits per heavy atom. The van der Waals surface area contributed by atoms with E-state index in [1.165, 1.54) is 180 Å². The molecule has 0 amide bonds. The molecular formula is C90H178. The molecule has 3 spiro atoms. The molecule has 13 saturated carbocycles. The monoisotopic (exact) mass is 1270 g/mol. The molecule has 0 radical (unpaired) electrons. The van der Waals surface area contributed by atoms with Crippen LogP contribution in [0.3, 0.4) is 0 Å². The fourth-order valence-corrected chi connectivity index (χ4v) is 17.9. The maximum Gasteiger partial charge on any atom is 0.0300 e. The van der Waals surface area contributed by atoms with E-state index in [2.05, 4.69) is 83.1 Å². The summed E-state index contributed by atoms with van der Waals surface area (Å²) in [5.74, 6) is 6.27. The summed E-state index contributed by atoms with van der Waals surface area (Å²) in [5.41, 5.74) is 4.98. The summed E-state index contributed by atoms with van der Waals surface area (Å²) in [6, 6.07) is 0. The van der Waals surface area contributed by atoms with Gasteiger partial charge in [-0.1, -0.05) is 333 Å². The van der Waals surface area contributed by atoms with Crippen LogP contribution in [-0.4, -0.2) is 0 Å². The van der Waals surface area contributed by atoms with E-state index >= 15 is 0 Å². The van der Waals surface area contributed by atoms with Gasteiger partial charge in [0.15, 0.2) is 0 Å². The van der Waals surface area contributed by atoms with E-state index in [4.69, 9.17) is 9.60 Å². The van der Waals surface area contributed by atoms with Crippen molar-refractivity contribution < 1.29 is 9.60 Å². The van der Waals surface area contributed by atoms with E-state index in [9.17, 15) is 0 Å². The zero-order chi connectivity index (χ0) is 74.1. The quantitative estimate of drug-likeness (QED) is 0.264. The lowest BCUT2D eigenvalue weighted by atomic mass is 9.49. The molecule has 0 aliphatic heterocycles. The Morgan fingerprint density at radius 1 is 0.389 bits per heavy atom. The first-order chi connectivity index (χ1) is 44.3. The van der Waals surface area contributed by atoms with Gasteiger partial charge in [-0.3, -0.25) is 0 Å². The molecule has 0 heterocycles. The van der Waals surface area contributed by atoms with Crippen molar-refractivity contribution in [3.8, 4) is 0 Å². The second-order valence-corrected chi connectivity index (χ2v) is 39.2. The van der Waals surface area contributed by atoms with E-state index in [-0.39, 0.29) is 29.0 Å². The predicted molar refractivity (Wildman–Crippen MR) is 412 cm³/mol. The Morgan fingerprint density at radius 3 is 0.878 bits per heavy atom. The van der Waals surface area contributed by atoms with Crippen LogP contribution in [0, 0.1) is 102 Å². The smallest absolute Gasteiger partial charge is 0.0300 e. The van der Waals surface area contributed by atoms with Crippen LogP contribution >= 0.6 is 0 Å². The van der Waals surface area contributed by atoms with E-state index in [1.54, 1.807) is 104 Å². The van der Waals surface area contributed by atoms with E-state index in [0.29, 0.717) is 10.8 Å². The van der Waals surface area contributed by atoms with Crippen LogP contribution in [0.4, 0.5) is 0 Å². The average Bonchev–Trinajstić information content (AvgIpc) is 1.75. The fourth-order valence-electron chi connectivity index (χ4n) is 17.9. The van der Waals surface area contributed by atoms with E-state index in [1.807, 2.05) is 69.2 Å². The first-order valence-corrected chi connectivity index (χ1v) is 40.8. The molecule has 0 saturated heterocycles. The van der Waals surface area contributed by atoms with Crippen LogP contribution in [0.2, 0.25) is 0 Å². The highest BCUT2D eigenvalue weighted by Crippen LogP contribution is 2.61. The average molecular weight is 1270 g/mol. The normalized spacial score (nSPS) is 31.1. The van der Waals surface area contributed by atoms with Gasteiger partial charge < -0.3 is 0 Å². The van der Waals surface area contributed by atoms with Gasteiger partial charge in [0.05, 0.1) is 0 Å². The predicted octanol–water partition coefficient (Wildman–Crippen LogP) is 32.3. The lowest BCUT2D eigenvalue weighted by molar-refractivity contribution is -0.0545. The maximum absolute atomic E-state index is 7.63. The second kappa shape index (κ2) is 43.4. The molecule has 0 aromatic heterocycles. The standard InChI is InChI=1S/C14H26.C12H20.C12H22.C11H20.C8H16.C7H14.C6H12.C6H14.2C5H12.C4H10/c1-12-4-6-14(7-5-12)10-8-13(2,3)9-11-14;1-2-12-6-9-3-10(7-12)5-11(4-9)8-12;1-11-5-9-12(10-6-11)7-3-2-4-8-12;1-10-4-8-11(9-5-10)6-2-3-7-11;1-3-8(2)6-4-5-7-8;1-7-5-3-2-4-6-7;1-6-4-2-3-5-6;1-5-6(2,3)4;1-5(2,3)4;1-4-5(2)3;1-4(2)3/h12H,4-11H2,1-3H3;9-11H,2-8H2,1H3;11H,2-10H2,1H3;10H,2-9H2,1H3;3-7H2,1-2H3;7H,2-6H2,1H3;6H,2-5H2,1H3;5H2,1-4H3;1-4H3;5H,4H2,1-3H3;4H,1-3H3/i;;;;;7D;6D;5D2;;4D2;4D. The molecule has 0 unspecified atom stereocenters. The molecule has 13 rings (SSSR count). The van der Waals surface area contributed by atoms with Crippen molar-refractivity contribution in [1.82, 2.24) is 0 Å². The Hall–Kier alpha value is 0. The van der Waals surface area contributed by atoms with Gasteiger partial charge in [-0.2, -0.15) is 0 Å². The zero-order valence-corrected chi connectivity index (χ0v) is 67.1. The van der Waals surface area contributed by atoms with Crippen LogP contribution in [0.5, 0.6) is 0 Å². The summed E-state index contributed by atoms with van der Waals surface area (Å²) in [7, 11) is 0. The van der Waals surface area contributed by atoms with Crippen molar-refractivity contribution in [1.29, 1.82) is 0 Å². The van der Waals surface area contributed by atoms with Crippen LogP contribution in [0.25, 0.3) is 0 Å². The topological polar surface area (TPSA) is 0 Å². The van der Waals surface area contributed by atoms with Gasteiger partial charge in [0.2, 0.25) is 0 Å². The Bertz CT molecular complexity index is 1900. The van der Waals surface area contributed by atoms with Gasteiger partial charge in [0.1, 0.15) is 0 Å². The lowest BCUT2D eigenvalue weighted by Gasteiger charge is -2.56. The maximum atomic E-state index is 7.63. The van der Waals surface area contributed by atoms with Crippen LogP contribution in [0.15, 0.2) is 0 Å². The molecule has 13 aliphatic rings.